The zero-order valence-electron chi connectivity index (χ0n) is 12.0. The fourth-order valence-electron chi connectivity index (χ4n) is 2.24. The van der Waals surface area contributed by atoms with E-state index < -0.39 is 5.30 Å². The van der Waals surface area contributed by atoms with Crippen LogP contribution >= 0.6 is 12.6 Å². The van der Waals surface area contributed by atoms with Crippen LogP contribution in [0, 0.1) is 6.92 Å². The highest BCUT2D eigenvalue weighted by molar-refractivity contribution is 7.96. The molecule has 0 aliphatic carbocycles. The predicted octanol–water partition coefficient (Wildman–Crippen LogP) is 2.27. The van der Waals surface area contributed by atoms with Crippen LogP contribution in [-0.4, -0.2) is 14.8 Å². The fourth-order valence-corrected chi connectivity index (χ4v) is 2.31. The van der Waals surface area contributed by atoms with Gasteiger partial charge in [0.1, 0.15) is 0 Å². The normalized spacial score (nSPS) is 10.9. The number of carbonyl (C=O) groups excluding carboxylic acids is 1. The Hall–Kier alpha value is -2.15. The second-order valence-electron chi connectivity index (χ2n) is 4.95. The molecule has 7 heteroatoms. The van der Waals surface area contributed by atoms with Gasteiger partial charge in [0.2, 0.25) is 0 Å². The number of hydrogen-bond donors (Lipinski definition) is 2. The van der Waals surface area contributed by atoms with Crippen molar-refractivity contribution in [2.24, 2.45) is 0 Å². The zero-order valence-corrected chi connectivity index (χ0v) is 12.9. The van der Waals surface area contributed by atoms with Gasteiger partial charge < -0.3 is 10.6 Å². The molecule has 0 amide bonds. The quantitative estimate of drug-likeness (QED) is 0.853. The molecule has 0 spiro atoms. The van der Waals surface area contributed by atoms with E-state index in [1.807, 2.05) is 25.1 Å². The van der Waals surface area contributed by atoms with Gasteiger partial charge in [-0.25, -0.2) is 9.48 Å². The van der Waals surface area contributed by atoms with Gasteiger partial charge in [-0.1, -0.05) is 41.7 Å². The molecule has 2 rings (SSSR count). The molecule has 6 nitrogen and oxygen atoms in total. The lowest BCUT2D eigenvalue weighted by atomic mass is 10.0. The fraction of sp³-hybridized carbons (Fsp3) is 0.286. The average molecular weight is 307 g/mol. The van der Waals surface area contributed by atoms with Crippen LogP contribution in [0.2, 0.25) is 0 Å². The van der Waals surface area contributed by atoms with E-state index in [0.717, 1.165) is 10.4 Å². The Kier molecular flexibility index (Phi) is 4.13. The lowest BCUT2D eigenvalue weighted by molar-refractivity contribution is 0.113. The number of benzene rings is 1. The number of aromatic nitrogens is 2. The largest absolute Gasteiger partial charge is 0.390 e. The Morgan fingerprint density at radius 1 is 1.33 bits per heavy atom. The minimum Gasteiger partial charge on any atom is -0.380 e. The molecule has 0 aliphatic heterocycles. The van der Waals surface area contributed by atoms with E-state index in [4.69, 9.17) is 10.6 Å². The molecule has 1 heterocycles. The van der Waals surface area contributed by atoms with E-state index in [0.29, 0.717) is 11.1 Å². The first kappa shape index (κ1) is 15.2. The smallest absolute Gasteiger partial charge is 0.380 e. The van der Waals surface area contributed by atoms with Crippen molar-refractivity contribution in [2.45, 2.75) is 26.8 Å². The molecule has 1 aromatic carbocycles. The maximum absolute atomic E-state index is 12.6. The summed E-state index contributed by atoms with van der Waals surface area (Å²) in [6, 6.07) is 7.16. The SMILES string of the molecule is Cc1ccccc1-c1c(N)n(OC(=O)S)n(C(C)C)c1=O. The molecule has 2 N–H and O–H groups in total. The van der Waals surface area contributed by atoms with Gasteiger partial charge in [0.15, 0.2) is 5.82 Å². The maximum Gasteiger partial charge on any atom is 0.390 e. The molecule has 21 heavy (non-hydrogen) atoms. The molecule has 0 unspecified atom stereocenters. The minimum atomic E-state index is -0.845. The summed E-state index contributed by atoms with van der Waals surface area (Å²) >= 11 is 3.57. The number of thiol groups is 1. The summed E-state index contributed by atoms with van der Waals surface area (Å²) in [4.78, 5) is 29.7. The third kappa shape index (κ3) is 2.69. The number of carbonyl (C=O) groups is 1. The van der Waals surface area contributed by atoms with Gasteiger partial charge in [-0.05, 0) is 31.9 Å². The van der Waals surface area contributed by atoms with Crippen molar-refractivity contribution in [1.82, 2.24) is 9.53 Å². The highest BCUT2D eigenvalue weighted by Gasteiger charge is 2.23. The molecule has 0 saturated heterocycles. The first-order valence-corrected chi connectivity index (χ1v) is 6.89. The third-order valence-corrected chi connectivity index (χ3v) is 3.23. The van der Waals surface area contributed by atoms with Crippen LogP contribution in [0.3, 0.4) is 0 Å². The van der Waals surface area contributed by atoms with Crippen molar-refractivity contribution in [3.05, 3.63) is 40.2 Å². The van der Waals surface area contributed by atoms with Crippen LogP contribution in [0.25, 0.3) is 11.1 Å². The minimum absolute atomic E-state index is 0.0744. The molecular formula is C14H17N3O3S. The van der Waals surface area contributed by atoms with Gasteiger partial charge in [-0.15, -0.1) is 0 Å². The second-order valence-corrected chi connectivity index (χ2v) is 5.31. The Bertz CT molecular complexity index is 746. The van der Waals surface area contributed by atoms with Crippen molar-refractivity contribution >= 4 is 23.7 Å². The second kappa shape index (κ2) is 5.69. The first-order valence-electron chi connectivity index (χ1n) is 6.44. The van der Waals surface area contributed by atoms with Crippen LogP contribution < -0.4 is 16.1 Å². The van der Waals surface area contributed by atoms with Gasteiger partial charge >= 0.3 is 5.30 Å². The van der Waals surface area contributed by atoms with Crippen molar-refractivity contribution in [1.29, 1.82) is 0 Å². The number of nitrogens with two attached hydrogens (primary N) is 1. The molecule has 0 atom stereocenters. The predicted molar refractivity (Wildman–Crippen MR) is 84.6 cm³/mol. The number of nitrogens with zero attached hydrogens (tertiary/aromatic N) is 2. The van der Waals surface area contributed by atoms with E-state index in [-0.39, 0.29) is 17.4 Å². The lowest BCUT2D eigenvalue weighted by Gasteiger charge is -2.13. The summed E-state index contributed by atoms with van der Waals surface area (Å²) < 4.78 is 1.28. The van der Waals surface area contributed by atoms with Crippen LogP contribution in [0.4, 0.5) is 10.6 Å². The van der Waals surface area contributed by atoms with Crippen molar-refractivity contribution in [2.75, 3.05) is 5.73 Å². The van der Waals surface area contributed by atoms with Crippen molar-refractivity contribution in [3.8, 4) is 11.1 Å². The summed E-state index contributed by atoms with van der Waals surface area (Å²) in [6.07, 6.45) is 0. The van der Waals surface area contributed by atoms with E-state index in [2.05, 4.69) is 12.6 Å². The summed E-state index contributed by atoms with van der Waals surface area (Å²) in [5, 5.41) is -0.845. The number of hydrogen-bond acceptors (Lipinski definition) is 4. The Balaban J connectivity index is 2.77. The Morgan fingerprint density at radius 3 is 2.48 bits per heavy atom. The summed E-state index contributed by atoms with van der Waals surface area (Å²) in [7, 11) is 0. The topological polar surface area (TPSA) is 79.2 Å². The first-order chi connectivity index (χ1) is 9.84. The number of aryl methyl sites for hydroxylation is 1. The van der Waals surface area contributed by atoms with E-state index >= 15 is 0 Å². The van der Waals surface area contributed by atoms with Crippen LogP contribution in [0.15, 0.2) is 29.1 Å². The van der Waals surface area contributed by atoms with Gasteiger partial charge in [-0.3, -0.25) is 4.79 Å². The van der Waals surface area contributed by atoms with E-state index in [1.54, 1.807) is 19.9 Å². The Morgan fingerprint density at radius 2 is 1.95 bits per heavy atom. The summed E-state index contributed by atoms with van der Waals surface area (Å²) in [5.41, 5.74) is 7.65. The van der Waals surface area contributed by atoms with Gasteiger partial charge in [-0.2, -0.15) is 0 Å². The molecule has 0 saturated carbocycles. The molecule has 0 aliphatic rings. The average Bonchev–Trinajstić information content (AvgIpc) is 2.62. The van der Waals surface area contributed by atoms with E-state index in [1.165, 1.54) is 4.68 Å². The highest BCUT2D eigenvalue weighted by atomic mass is 32.1. The number of anilines is 1. The molecule has 0 bridgehead atoms. The zero-order chi connectivity index (χ0) is 15.7. The van der Waals surface area contributed by atoms with Gasteiger partial charge in [0, 0.05) is 0 Å². The number of rotatable bonds is 3. The van der Waals surface area contributed by atoms with Gasteiger partial charge in [0.05, 0.1) is 11.6 Å². The molecule has 0 radical (unpaired) electrons. The summed E-state index contributed by atoms with van der Waals surface area (Å²) in [6.45, 7) is 5.48. The van der Waals surface area contributed by atoms with Crippen molar-refractivity contribution < 1.29 is 9.63 Å². The molecule has 0 fully saturated rings. The summed E-state index contributed by atoms with van der Waals surface area (Å²) in [5.74, 6) is 0.0744. The standard InChI is InChI=1S/C14H17N3O3S/c1-8(2)16-13(18)11(10-7-5-4-6-9(10)3)12(15)17(16)20-14(19)21/h4-8H,15H2,1-3H3,(H,19,21). The molecular weight excluding hydrogens is 290 g/mol. The maximum atomic E-state index is 12.6. The van der Waals surface area contributed by atoms with Gasteiger partial charge in [0.25, 0.3) is 5.56 Å². The molecule has 1 aromatic heterocycles. The Labute approximate surface area is 127 Å². The lowest BCUT2D eigenvalue weighted by Crippen LogP contribution is -2.30. The monoisotopic (exact) mass is 307 g/mol. The number of nitrogen functional groups attached to an aromatic ring is 1. The van der Waals surface area contributed by atoms with Crippen LogP contribution in [0.1, 0.15) is 25.5 Å². The highest BCUT2D eigenvalue weighted by Crippen LogP contribution is 2.26. The molecule has 112 valence electrons. The van der Waals surface area contributed by atoms with Crippen molar-refractivity contribution in [3.63, 3.8) is 0 Å². The van der Waals surface area contributed by atoms with Crippen LogP contribution in [0.5, 0.6) is 0 Å². The van der Waals surface area contributed by atoms with Crippen LogP contribution in [-0.2, 0) is 0 Å². The van der Waals surface area contributed by atoms with E-state index in [9.17, 15) is 9.59 Å². The molecule has 2 aromatic rings. The third-order valence-electron chi connectivity index (χ3n) is 3.15.